The number of hydrogen-bond acceptors (Lipinski definition) is 3. The van der Waals surface area contributed by atoms with Crippen molar-refractivity contribution >= 4 is 27.7 Å². The highest BCUT2D eigenvalue weighted by Crippen LogP contribution is 2.33. The average Bonchev–Trinajstić information content (AvgIpc) is 3.12. The summed E-state index contributed by atoms with van der Waals surface area (Å²) in [7, 11) is 0. The van der Waals surface area contributed by atoms with E-state index in [4.69, 9.17) is 21.1 Å². The van der Waals surface area contributed by atoms with E-state index in [-0.39, 0.29) is 6.79 Å². The quantitative estimate of drug-likeness (QED) is 0.680. The fourth-order valence-electron chi connectivity index (χ4n) is 2.96. The van der Waals surface area contributed by atoms with Gasteiger partial charge >= 0.3 is 0 Å². The fourth-order valence-corrected chi connectivity index (χ4v) is 3.08. The number of hydrogen-bond donors (Lipinski definition) is 0. The van der Waals surface area contributed by atoms with Crippen LogP contribution in [0.5, 0.6) is 11.5 Å². The van der Waals surface area contributed by atoms with Gasteiger partial charge in [-0.05, 0) is 53.9 Å². The molecule has 0 bridgehead atoms. The van der Waals surface area contributed by atoms with E-state index in [9.17, 15) is 4.79 Å². The lowest BCUT2D eigenvalue weighted by molar-refractivity contribution is 0.108. The number of carbonyl (C=O) groups excluding carboxylic acids is 1. The maximum absolute atomic E-state index is 11.4. The third kappa shape index (κ3) is 2.45. The molecule has 2 aromatic carbocycles. The summed E-state index contributed by atoms with van der Waals surface area (Å²) in [6.07, 6.45) is 2.08. The van der Waals surface area contributed by atoms with E-state index in [0.717, 1.165) is 33.5 Å². The zero-order chi connectivity index (χ0) is 16.0. The highest BCUT2D eigenvalue weighted by atomic mass is 35.5. The fraction of sp³-hybridized carbons (Fsp3) is 0.167. The first-order chi connectivity index (χ1) is 11.1. The first kappa shape index (κ1) is 14.2. The van der Waals surface area contributed by atoms with Crippen LogP contribution in [0, 0.1) is 6.92 Å². The Bertz CT molecular complexity index is 929. The molecule has 3 aromatic rings. The van der Waals surface area contributed by atoms with Gasteiger partial charge in [0.2, 0.25) is 6.79 Å². The Morgan fingerprint density at radius 2 is 2.00 bits per heavy atom. The van der Waals surface area contributed by atoms with Crippen molar-refractivity contribution in [2.75, 3.05) is 6.79 Å². The van der Waals surface area contributed by atoms with E-state index in [1.165, 1.54) is 0 Å². The van der Waals surface area contributed by atoms with Crippen LogP contribution in [0.1, 0.15) is 21.5 Å². The lowest BCUT2D eigenvalue weighted by Gasteiger charge is -2.07. The summed E-state index contributed by atoms with van der Waals surface area (Å²) in [4.78, 5) is 11.4. The van der Waals surface area contributed by atoms with Gasteiger partial charge in [-0.3, -0.25) is 4.79 Å². The van der Waals surface area contributed by atoms with E-state index >= 15 is 0 Å². The monoisotopic (exact) mass is 327 g/mol. The molecule has 0 amide bonds. The Labute approximate surface area is 138 Å². The van der Waals surface area contributed by atoms with Crippen molar-refractivity contribution < 1.29 is 14.3 Å². The largest absolute Gasteiger partial charge is 0.454 e. The molecule has 4 nitrogen and oxygen atoms in total. The van der Waals surface area contributed by atoms with Crippen molar-refractivity contribution in [3.05, 3.63) is 59.3 Å². The molecule has 5 heteroatoms. The second-order valence-electron chi connectivity index (χ2n) is 5.63. The van der Waals surface area contributed by atoms with Gasteiger partial charge in [-0.25, -0.2) is 0 Å². The SMILES string of the molecule is Cc1cn(Cc2ccc3c(c2)OCO3)c2cc(C(=O)Cl)ccc12. The zero-order valence-corrected chi connectivity index (χ0v) is 13.3. The van der Waals surface area contributed by atoms with Crippen LogP contribution in [0.4, 0.5) is 0 Å². The van der Waals surface area contributed by atoms with Gasteiger partial charge in [0.15, 0.2) is 11.5 Å². The minimum Gasteiger partial charge on any atom is -0.454 e. The molecule has 0 unspecified atom stereocenters. The van der Waals surface area contributed by atoms with E-state index in [1.54, 1.807) is 6.07 Å². The molecule has 0 saturated heterocycles. The van der Waals surface area contributed by atoms with Gasteiger partial charge < -0.3 is 14.0 Å². The van der Waals surface area contributed by atoms with Gasteiger partial charge in [0.25, 0.3) is 5.24 Å². The summed E-state index contributed by atoms with van der Waals surface area (Å²) in [6.45, 7) is 3.01. The molecule has 23 heavy (non-hydrogen) atoms. The van der Waals surface area contributed by atoms with Crippen molar-refractivity contribution in [3.8, 4) is 11.5 Å². The van der Waals surface area contributed by atoms with Gasteiger partial charge in [-0.15, -0.1) is 0 Å². The predicted octanol–water partition coefficient (Wildman–Crippen LogP) is 4.11. The highest BCUT2D eigenvalue weighted by molar-refractivity contribution is 6.67. The first-order valence-corrected chi connectivity index (χ1v) is 7.67. The summed E-state index contributed by atoms with van der Waals surface area (Å²) in [5, 5.41) is 0.674. The molecular weight excluding hydrogens is 314 g/mol. The number of aromatic nitrogens is 1. The molecule has 0 radical (unpaired) electrons. The smallest absolute Gasteiger partial charge is 0.252 e. The van der Waals surface area contributed by atoms with Crippen LogP contribution in [-0.4, -0.2) is 16.6 Å². The van der Waals surface area contributed by atoms with E-state index < -0.39 is 5.24 Å². The first-order valence-electron chi connectivity index (χ1n) is 7.30. The maximum Gasteiger partial charge on any atom is 0.252 e. The van der Waals surface area contributed by atoms with Crippen molar-refractivity contribution in [3.63, 3.8) is 0 Å². The molecule has 0 fully saturated rings. The normalized spacial score (nSPS) is 12.8. The molecule has 1 aromatic heterocycles. The van der Waals surface area contributed by atoms with Crippen LogP contribution in [-0.2, 0) is 6.54 Å². The zero-order valence-electron chi connectivity index (χ0n) is 12.5. The molecule has 1 aliphatic rings. The van der Waals surface area contributed by atoms with Crippen LogP contribution in [0.15, 0.2) is 42.6 Å². The van der Waals surface area contributed by atoms with Crippen molar-refractivity contribution in [1.29, 1.82) is 0 Å². The number of rotatable bonds is 3. The van der Waals surface area contributed by atoms with Gasteiger partial charge in [0.1, 0.15) is 0 Å². The number of fused-ring (bicyclic) bond motifs is 2. The number of aryl methyl sites for hydroxylation is 1. The molecule has 0 N–H and O–H groups in total. The van der Waals surface area contributed by atoms with E-state index in [1.807, 2.05) is 30.3 Å². The number of nitrogens with zero attached hydrogens (tertiary/aromatic N) is 1. The Morgan fingerprint density at radius 1 is 1.17 bits per heavy atom. The molecule has 0 saturated carbocycles. The molecule has 4 rings (SSSR count). The summed E-state index contributed by atoms with van der Waals surface area (Å²) in [5.41, 5.74) is 3.76. The summed E-state index contributed by atoms with van der Waals surface area (Å²) < 4.78 is 12.9. The topological polar surface area (TPSA) is 40.5 Å². The molecule has 0 aliphatic carbocycles. The highest BCUT2D eigenvalue weighted by Gasteiger charge is 2.14. The Balaban J connectivity index is 1.76. The molecule has 0 atom stereocenters. The third-order valence-electron chi connectivity index (χ3n) is 4.10. The lowest BCUT2D eigenvalue weighted by Crippen LogP contribution is -1.99. The van der Waals surface area contributed by atoms with Gasteiger partial charge in [-0.2, -0.15) is 0 Å². The van der Waals surface area contributed by atoms with Crippen LogP contribution >= 0.6 is 11.6 Å². The number of ether oxygens (including phenoxy) is 2. The molecule has 2 heterocycles. The van der Waals surface area contributed by atoms with Crippen LogP contribution < -0.4 is 9.47 Å². The predicted molar refractivity (Wildman–Crippen MR) is 88.5 cm³/mol. The van der Waals surface area contributed by atoms with Crippen molar-refractivity contribution in [2.45, 2.75) is 13.5 Å². The lowest BCUT2D eigenvalue weighted by atomic mass is 10.1. The van der Waals surface area contributed by atoms with Crippen molar-refractivity contribution in [1.82, 2.24) is 4.57 Å². The van der Waals surface area contributed by atoms with Crippen LogP contribution in [0.25, 0.3) is 10.9 Å². The van der Waals surface area contributed by atoms with Crippen LogP contribution in [0.2, 0.25) is 0 Å². The summed E-state index contributed by atoms with van der Waals surface area (Å²) >= 11 is 5.61. The molecule has 0 spiro atoms. The van der Waals surface area contributed by atoms with Crippen LogP contribution in [0.3, 0.4) is 0 Å². The molecule has 1 aliphatic heterocycles. The minimum absolute atomic E-state index is 0.269. The minimum atomic E-state index is -0.444. The Hall–Kier alpha value is -2.46. The molecular formula is C18H14ClNO3. The van der Waals surface area contributed by atoms with Gasteiger partial charge in [0, 0.05) is 29.2 Å². The summed E-state index contributed by atoms with van der Waals surface area (Å²) in [6, 6.07) is 11.5. The number of benzene rings is 2. The standard InChI is InChI=1S/C18H14ClNO3/c1-11-8-20(15-7-13(18(19)21)3-4-14(11)15)9-12-2-5-16-17(6-12)23-10-22-16/h2-8H,9-10H2,1H3. The number of carbonyl (C=O) groups is 1. The number of halogens is 1. The molecule has 116 valence electrons. The second kappa shape index (κ2) is 5.32. The maximum atomic E-state index is 11.4. The third-order valence-corrected chi connectivity index (χ3v) is 4.32. The van der Waals surface area contributed by atoms with E-state index in [0.29, 0.717) is 12.1 Å². The van der Waals surface area contributed by atoms with Gasteiger partial charge in [-0.1, -0.05) is 12.1 Å². The Morgan fingerprint density at radius 3 is 2.83 bits per heavy atom. The Kier molecular flexibility index (Phi) is 3.27. The van der Waals surface area contributed by atoms with Crippen molar-refractivity contribution in [2.24, 2.45) is 0 Å². The van der Waals surface area contributed by atoms with Gasteiger partial charge in [0.05, 0.1) is 0 Å². The second-order valence-corrected chi connectivity index (χ2v) is 5.98. The summed E-state index contributed by atoms with van der Waals surface area (Å²) in [5.74, 6) is 1.55. The average molecular weight is 328 g/mol. The van der Waals surface area contributed by atoms with E-state index in [2.05, 4.69) is 17.7 Å².